The largest absolute Gasteiger partial charge is 0.367 e. The minimum absolute atomic E-state index is 0.271. The van der Waals surface area contributed by atoms with E-state index in [0.717, 1.165) is 16.7 Å². The zero-order valence-electron chi connectivity index (χ0n) is 20.3. The summed E-state index contributed by atoms with van der Waals surface area (Å²) < 4.78 is 45.9. The van der Waals surface area contributed by atoms with Gasteiger partial charge in [0.25, 0.3) is 0 Å². The molecule has 3 aromatic rings. The monoisotopic (exact) mass is 495 g/mol. The number of rotatable bonds is 9. The fourth-order valence-electron chi connectivity index (χ4n) is 4.55. The lowest BCUT2D eigenvalue weighted by Crippen LogP contribution is -2.65. The summed E-state index contributed by atoms with van der Waals surface area (Å²) >= 11 is 0. The first-order valence-corrected chi connectivity index (χ1v) is 13.4. The number of nitrogens with one attached hydrogen (secondary N) is 1. The van der Waals surface area contributed by atoms with Crippen LogP contribution in [0.2, 0.25) is 0 Å². The Hall–Kier alpha value is -2.55. The molecule has 0 unspecified atom stereocenters. The molecule has 0 saturated carbocycles. The molecule has 5 atom stereocenters. The van der Waals surface area contributed by atoms with E-state index in [1.807, 2.05) is 79.7 Å². The third-order valence-electron chi connectivity index (χ3n) is 6.40. The highest BCUT2D eigenvalue weighted by molar-refractivity contribution is 7.92. The lowest BCUT2D eigenvalue weighted by Gasteiger charge is -2.45. The fraction of sp³-hybridized carbons (Fsp3) is 0.357. The van der Waals surface area contributed by atoms with E-state index in [0.29, 0.717) is 13.2 Å². The van der Waals surface area contributed by atoms with Crippen molar-refractivity contribution in [2.45, 2.75) is 61.7 Å². The molecule has 7 heteroatoms. The summed E-state index contributed by atoms with van der Waals surface area (Å²) in [4.78, 5) is 0.271. The summed E-state index contributed by atoms with van der Waals surface area (Å²) in [5, 5.41) is 2.62. The minimum Gasteiger partial charge on any atom is -0.367 e. The van der Waals surface area contributed by atoms with Crippen LogP contribution < -0.4 is 5.32 Å². The Morgan fingerprint density at radius 1 is 0.886 bits per heavy atom. The molecule has 0 radical (unpaired) electrons. The van der Waals surface area contributed by atoms with Gasteiger partial charge in [0.2, 0.25) is 0 Å². The van der Waals surface area contributed by atoms with Crippen LogP contribution >= 0.6 is 0 Å². The Kier molecular flexibility index (Phi) is 8.36. The quantitative estimate of drug-likeness (QED) is 0.478. The highest BCUT2D eigenvalue weighted by atomic mass is 32.2. The zero-order valence-corrected chi connectivity index (χ0v) is 21.1. The van der Waals surface area contributed by atoms with Crippen molar-refractivity contribution >= 4 is 9.84 Å². The van der Waals surface area contributed by atoms with Crippen molar-refractivity contribution in [2.24, 2.45) is 0 Å². The van der Waals surface area contributed by atoms with Crippen molar-refractivity contribution in [1.29, 1.82) is 0 Å². The first-order chi connectivity index (χ1) is 16.9. The standard InChI is InChI=1S/C28H33NO5S/c1-20-14-16-24(17-15-20)35(30,31)27-21(2)34-28(32-3)26(33-19-23-12-8-5-9-13-23)25(27)29-18-22-10-6-4-7-11-22/h4-17,21,25-29H,18-19H2,1-3H3/t21-,25-,26-,27-,28+/m1/s1. The lowest BCUT2D eigenvalue weighted by atomic mass is 9.98. The number of methoxy groups -OCH3 is 1. The Morgan fingerprint density at radius 3 is 2.09 bits per heavy atom. The number of ether oxygens (including phenoxy) is 3. The smallest absolute Gasteiger partial charge is 0.185 e. The molecular weight excluding hydrogens is 462 g/mol. The van der Waals surface area contributed by atoms with Crippen molar-refractivity contribution < 1.29 is 22.6 Å². The number of aryl methyl sites for hydroxylation is 1. The molecule has 35 heavy (non-hydrogen) atoms. The summed E-state index contributed by atoms with van der Waals surface area (Å²) in [6.45, 7) is 4.51. The molecular formula is C28H33NO5S. The van der Waals surface area contributed by atoms with Crippen LogP contribution in [0.25, 0.3) is 0 Å². The lowest BCUT2D eigenvalue weighted by molar-refractivity contribution is -0.247. The Labute approximate surface area is 208 Å². The summed E-state index contributed by atoms with van der Waals surface area (Å²) in [5.41, 5.74) is 3.04. The molecule has 0 spiro atoms. The summed E-state index contributed by atoms with van der Waals surface area (Å²) in [5.74, 6) is 0. The van der Waals surface area contributed by atoms with Crippen molar-refractivity contribution in [3.05, 3.63) is 102 Å². The maximum atomic E-state index is 13.9. The van der Waals surface area contributed by atoms with Gasteiger partial charge in [-0.15, -0.1) is 0 Å². The third kappa shape index (κ3) is 6.00. The van der Waals surface area contributed by atoms with Crippen LogP contribution in [-0.4, -0.2) is 45.3 Å². The minimum atomic E-state index is -3.75. The predicted molar refractivity (Wildman–Crippen MR) is 136 cm³/mol. The van der Waals surface area contributed by atoms with E-state index in [9.17, 15) is 8.42 Å². The van der Waals surface area contributed by atoms with Crippen molar-refractivity contribution in [3.8, 4) is 0 Å². The summed E-state index contributed by atoms with van der Waals surface area (Å²) in [7, 11) is -2.20. The first kappa shape index (κ1) is 25.5. The van der Waals surface area contributed by atoms with Gasteiger partial charge >= 0.3 is 0 Å². The molecule has 0 bridgehead atoms. The second-order valence-corrected chi connectivity index (χ2v) is 11.0. The van der Waals surface area contributed by atoms with Crippen molar-refractivity contribution in [1.82, 2.24) is 5.32 Å². The molecule has 1 aliphatic rings. The molecule has 6 nitrogen and oxygen atoms in total. The van der Waals surface area contributed by atoms with Gasteiger partial charge in [0, 0.05) is 13.7 Å². The molecule has 1 heterocycles. The SMILES string of the molecule is CO[C@H]1O[C@H](C)[C@@H](S(=O)(=O)c2ccc(C)cc2)[C@H](NCc2ccccc2)[C@H]1OCc1ccccc1. The van der Waals surface area contributed by atoms with Crippen LogP contribution in [0.15, 0.2) is 89.8 Å². The second kappa shape index (κ2) is 11.5. The zero-order chi connectivity index (χ0) is 24.8. The molecule has 1 saturated heterocycles. The molecule has 186 valence electrons. The van der Waals surface area contributed by atoms with Crippen LogP contribution in [0, 0.1) is 6.92 Å². The third-order valence-corrected chi connectivity index (χ3v) is 8.72. The number of sulfone groups is 1. The van der Waals surface area contributed by atoms with E-state index in [2.05, 4.69) is 5.32 Å². The fourth-order valence-corrected chi connectivity index (χ4v) is 6.58. The molecule has 4 rings (SSSR count). The van der Waals surface area contributed by atoms with Gasteiger partial charge in [-0.1, -0.05) is 78.4 Å². The Balaban J connectivity index is 1.69. The molecule has 0 amide bonds. The van der Waals surface area contributed by atoms with E-state index in [1.54, 1.807) is 26.2 Å². The van der Waals surface area contributed by atoms with E-state index in [-0.39, 0.29) is 4.90 Å². The van der Waals surface area contributed by atoms with Crippen LogP contribution in [0.1, 0.15) is 23.6 Å². The van der Waals surface area contributed by atoms with Crippen molar-refractivity contribution in [2.75, 3.05) is 7.11 Å². The molecule has 3 aromatic carbocycles. The van der Waals surface area contributed by atoms with E-state index in [1.165, 1.54) is 0 Å². The van der Waals surface area contributed by atoms with E-state index in [4.69, 9.17) is 14.2 Å². The maximum Gasteiger partial charge on any atom is 0.185 e. The summed E-state index contributed by atoms with van der Waals surface area (Å²) in [6.07, 6.45) is -1.98. The van der Waals surface area contributed by atoms with Gasteiger partial charge in [-0.05, 0) is 37.1 Å². The van der Waals surface area contributed by atoms with Crippen LogP contribution in [0.3, 0.4) is 0 Å². The highest BCUT2D eigenvalue weighted by Gasteiger charge is 2.51. The molecule has 1 fully saturated rings. The van der Waals surface area contributed by atoms with E-state index < -0.39 is 39.6 Å². The van der Waals surface area contributed by atoms with Gasteiger partial charge < -0.3 is 19.5 Å². The topological polar surface area (TPSA) is 73.9 Å². The van der Waals surface area contributed by atoms with Gasteiger partial charge in [0.1, 0.15) is 11.4 Å². The molecule has 0 aliphatic carbocycles. The highest BCUT2D eigenvalue weighted by Crippen LogP contribution is 2.33. The average molecular weight is 496 g/mol. The van der Waals surface area contributed by atoms with Crippen LogP contribution in [0.5, 0.6) is 0 Å². The first-order valence-electron chi connectivity index (χ1n) is 11.8. The van der Waals surface area contributed by atoms with Gasteiger partial charge in [0.05, 0.1) is 23.6 Å². The maximum absolute atomic E-state index is 13.9. The van der Waals surface area contributed by atoms with Gasteiger partial charge in [-0.2, -0.15) is 0 Å². The van der Waals surface area contributed by atoms with Crippen LogP contribution in [0.4, 0.5) is 0 Å². The van der Waals surface area contributed by atoms with Gasteiger partial charge in [0.15, 0.2) is 16.1 Å². The van der Waals surface area contributed by atoms with Crippen molar-refractivity contribution in [3.63, 3.8) is 0 Å². The normalized spacial score (nSPS) is 24.8. The molecule has 1 N–H and O–H groups in total. The van der Waals surface area contributed by atoms with E-state index >= 15 is 0 Å². The number of hydrogen-bond donors (Lipinski definition) is 1. The van der Waals surface area contributed by atoms with Gasteiger partial charge in [-0.3, -0.25) is 0 Å². The predicted octanol–water partition coefficient (Wildman–Crippen LogP) is 4.27. The molecule has 0 aromatic heterocycles. The van der Waals surface area contributed by atoms with Gasteiger partial charge in [-0.25, -0.2) is 8.42 Å². The molecule has 1 aliphatic heterocycles. The Bertz CT molecular complexity index is 1170. The average Bonchev–Trinajstić information content (AvgIpc) is 2.87. The Morgan fingerprint density at radius 2 is 1.49 bits per heavy atom. The number of hydrogen-bond acceptors (Lipinski definition) is 6. The van der Waals surface area contributed by atoms with Crippen LogP contribution in [-0.2, 0) is 37.2 Å². The summed E-state index contributed by atoms with van der Waals surface area (Å²) in [6, 6.07) is 26.1. The number of benzene rings is 3. The second-order valence-electron chi connectivity index (χ2n) is 8.92.